The molecule has 0 unspecified atom stereocenters. The summed E-state index contributed by atoms with van der Waals surface area (Å²) in [6.07, 6.45) is 0.844. The fraction of sp³-hybridized carbons (Fsp3) is 0.500. The van der Waals surface area contributed by atoms with E-state index >= 15 is 0 Å². The third-order valence-electron chi connectivity index (χ3n) is 2.88. The number of hydrogen-bond donors (Lipinski definition) is 0. The minimum absolute atomic E-state index is 0.00728. The van der Waals surface area contributed by atoms with Gasteiger partial charge in [-0.15, -0.1) is 0 Å². The Bertz CT molecular complexity index is 351. The smallest absolute Gasteiger partial charge is 0.261 e. The monoisotopic (exact) mass is 289 g/mol. The predicted molar refractivity (Wildman–Crippen MR) is 63.9 cm³/mol. The molecule has 0 spiro atoms. The van der Waals surface area contributed by atoms with Crippen molar-refractivity contribution in [2.45, 2.75) is 18.8 Å². The molecule has 88 valence electrons. The number of benzene rings is 1. The number of rotatable bonds is 3. The average Bonchev–Trinajstić information content (AvgIpc) is 2.58. The van der Waals surface area contributed by atoms with Crippen LogP contribution in [0.1, 0.15) is 12.0 Å². The normalized spacial score (nSPS) is 20.2. The number of hydrogen-bond acceptors (Lipinski definition) is 1. The summed E-state index contributed by atoms with van der Waals surface area (Å²) in [7, 11) is 0. The highest BCUT2D eigenvalue weighted by molar-refractivity contribution is 9.10. The predicted octanol–water partition coefficient (Wildman–Crippen LogP) is 3.33. The van der Waals surface area contributed by atoms with E-state index in [0.717, 1.165) is 17.4 Å². The first-order chi connectivity index (χ1) is 7.55. The van der Waals surface area contributed by atoms with E-state index in [4.69, 9.17) is 0 Å². The van der Waals surface area contributed by atoms with Gasteiger partial charge in [-0.3, -0.25) is 4.90 Å². The lowest BCUT2D eigenvalue weighted by Gasteiger charge is -2.15. The van der Waals surface area contributed by atoms with Gasteiger partial charge >= 0.3 is 0 Å². The first-order valence-corrected chi connectivity index (χ1v) is 6.19. The molecule has 1 aromatic carbocycles. The van der Waals surface area contributed by atoms with Gasteiger partial charge in [0.25, 0.3) is 5.92 Å². The zero-order chi connectivity index (χ0) is 11.6. The van der Waals surface area contributed by atoms with E-state index in [2.05, 4.69) is 15.9 Å². The van der Waals surface area contributed by atoms with Gasteiger partial charge in [0, 0.05) is 24.0 Å². The minimum atomic E-state index is -2.47. The van der Waals surface area contributed by atoms with Gasteiger partial charge in [0.15, 0.2) is 0 Å². The first-order valence-electron chi connectivity index (χ1n) is 5.40. The van der Waals surface area contributed by atoms with E-state index in [1.165, 1.54) is 5.56 Å². The molecular weight excluding hydrogens is 276 g/mol. The summed E-state index contributed by atoms with van der Waals surface area (Å²) in [5, 5.41) is 0. The Labute approximate surface area is 103 Å². The van der Waals surface area contributed by atoms with Crippen LogP contribution in [0, 0.1) is 0 Å². The Morgan fingerprint density at radius 2 is 1.94 bits per heavy atom. The molecule has 1 heterocycles. The van der Waals surface area contributed by atoms with E-state index < -0.39 is 5.92 Å². The Balaban J connectivity index is 1.82. The van der Waals surface area contributed by atoms with Gasteiger partial charge in [-0.25, -0.2) is 8.78 Å². The molecule has 1 aliphatic heterocycles. The number of nitrogens with zero attached hydrogens (tertiary/aromatic N) is 1. The maximum Gasteiger partial charge on any atom is 0.261 e. The van der Waals surface area contributed by atoms with Crippen LogP contribution in [0.15, 0.2) is 28.7 Å². The maximum atomic E-state index is 12.9. The van der Waals surface area contributed by atoms with Gasteiger partial charge in [-0.05, 0) is 24.1 Å². The van der Waals surface area contributed by atoms with Gasteiger partial charge in [0.2, 0.25) is 0 Å². The van der Waals surface area contributed by atoms with Crippen molar-refractivity contribution in [3.05, 3.63) is 34.3 Å². The van der Waals surface area contributed by atoms with Crippen molar-refractivity contribution in [1.82, 2.24) is 4.90 Å². The molecule has 1 saturated heterocycles. The van der Waals surface area contributed by atoms with E-state index in [1.54, 1.807) is 0 Å². The molecule has 0 saturated carbocycles. The van der Waals surface area contributed by atoms with Gasteiger partial charge < -0.3 is 0 Å². The molecule has 2 rings (SSSR count). The first kappa shape index (κ1) is 12.0. The van der Waals surface area contributed by atoms with Crippen molar-refractivity contribution < 1.29 is 8.78 Å². The van der Waals surface area contributed by atoms with Gasteiger partial charge in [-0.2, -0.15) is 0 Å². The van der Waals surface area contributed by atoms with Crippen LogP contribution < -0.4 is 0 Å². The molecule has 0 aromatic heterocycles. The van der Waals surface area contributed by atoms with Crippen LogP contribution >= 0.6 is 15.9 Å². The zero-order valence-corrected chi connectivity index (χ0v) is 10.5. The van der Waals surface area contributed by atoms with Crippen molar-refractivity contribution in [3.63, 3.8) is 0 Å². The van der Waals surface area contributed by atoms with Crippen molar-refractivity contribution >= 4 is 15.9 Å². The molecule has 16 heavy (non-hydrogen) atoms. The lowest BCUT2D eigenvalue weighted by atomic mass is 10.1. The van der Waals surface area contributed by atoms with Crippen molar-refractivity contribution in [3.8, 4) is 0 Å². The van der Waals surface area contributed by atoms with E-state index in [-0.39, 0.29) is 13.0 Å². The van der Waals surface area contributed by atoms with Crippen LogP contribution in [0.3, 0.4) is 0 Å². The number of likely N-dealkylation sites (tertiary alicyclic amines) is 1. The second-order valence-electron chi connectivity index (χ2n) is 4.26. The highest BCUT2D eigenvalue weighted by Gasteiger charge is 2.37. The summed E-state index contributed by atoms with van der Waals surface area (Å²) in [5.41, 5.74) is 1.19. The van der Waals surface area contributed by atoms with Crippen LogP contribution in [0.25, 0.3) is 0 Å². The molecule has 0 atom stereocenters. The fourth-order valence-electron chi connectivity index (χ4n) is 1.94. The van der Waals surface area contributed by atoms with Crippen LogP contribution in [0.2, 0.25) is 0 Å². The molecule has 1 aliphatic rings. The Morgan fingerprint density at radius 3 is 2.50 bits per heavy atom. The van der Waals surface area contributed by atoms with E-state index in [0.29, 0.717) is 6.54 Å². The Morgan fingerprint density at radius 1 is 1.25 bits per heavy atom. The summed E-state index contributed by atoms with van der Waals surface area (Å²) < 4.78 is 26.9. The number of halogens is 3. The lowest BCUT2D eigenvalue weighted by Crippen LogP contribution is -2.27. The standard InChI is InChI=1S/C12H14BrF2N/c13-11-3-1-10(2-4-11)5-7-16-8-6-12(14,15)9-16/h1-4H,5-9H2. The highest BCUT2D eigenvalue weighted by atomic mass is 79.9. The Hall–Kier alpha value is -0.480. The Kier molecular flexibility index (Phi) is 3.60. The van der Waals surface area contributed by atoms with Crippen molar-refractivity contribution in [2.75, 3.05) is 19.6 Å². The lowest BCUT2D eigenvalue weighted by molar-refractivity contribution is 0.0123. The van der Waals surface area contributed by atoms with Gasteiger partial charge in [0.05, 0.1) is 6.54 Å². The van der Waals surface area contributed by atoms with Crippen LogP contribution in [-0.2, 0) is 6.42 Å². The van der Waals surface area contributed by atoms with Gasteiger partial charge in [0.1, 0.15) is 0 Å². The van der Waals surface area contributed by atoms with Crippen LogP contribution in [0.4, 0.5) is 8.78 Å². The van der Waals surface area contributed by atoms with E-state index in [1.807, 2.05) is 29.2 Å². The number of alkyl halides is 2. The largest absolute Gasteiger partial charge is 0.297 e. The summed E-state index contributed by atoms with van der Waals surface area (Å²) in [6, 6.07) is 8.01. The SMILES string of the molecule is FC1(F)CCN(CCc2ccc(Br)cc2)C1. The van der Waals surface area contributed by atoms with Crippen molar-refractivity contribution in [2.24, 2.45) is 0 Å². The topological polar surface area (TPSA) is 3.24 Å². The quantitative estimate of drug-likeness (QED) is 0.825. The van der Waals surface area contributed by atoms with Crippen LogP contribution in [-0.4, -0.2) is 30.5 Å². The molecule has 4 heteroatoms. The molecule has 0 bridgehead atoms. The fourth-order valence-corrected chi connectivity index (χ4v) is 2.20. The summed E-state index contributed by atoms with van der Waals surface area (Å²) >= 11 is 3.37. The summed E-state index contributed by atoms with van der Waals surface area (Å²) in [6.45, 7) is 1.16. The highest BCUT2D eigenvalue weighted by Crippen LogP contribution is 2.26. The maximum absolute atomic E-state index is 12.9. The zero-order valence-electron chi connectivity index (χ0n) is 8.93. The molecule has 0 N–H and O–H groups in total. The second-order valence-corrected chi connectivity index (χ2v) is 5.17. The third-order valence-corrected chi connectivity index (χ3v) is 3.41. The van der Waals surface area contributed by atoms with Crippen molar-refractivity contribution in [1.29, 1.82) is 0 Å². The van der Waals surface area contributed by atoms with E-state index in [9.17, 15) is 8.78 Å². The molecule has 0 amide bonds. The third kappa shape index (κ3) is 3.25. The molecule has 0 radical (unpaired) electrons. The summed E-state index contributed by atoms with van der Waals surface area (Å²) in [4.78, 5) is 1.84. The minimum Gasteiger partial charge on any atom is -0.297 e. The molecule has 1 nitrogen and oxygen atoms in total. The van der Waals surface area contributed by atoms with Gasteiger partial charge in [-0.1, -0.05) is 28.1 Å². The molecule has 1 fully saturated rings. The molecular formula is C12H14BrF2N. The summed E-state index contributed by atoms with van der Waals surface area (Å²) in [5.74, 6) is -2.47. The average molecular weight is 290 g/mol. The molecule has 0 aliphatic carbocycles. The molecule has 1 aromatic rings. The second kappa shape index (κ2) is 4.80. The van der Waals surface area contributed by atoms with Crippen LogP contribution in [0.5, 0.6) is 0 Å².